The monoisotopic (exact) mass is 355 g/mol. The van der Waals surface area contributed by atoms with Gasteiger partial charge in [-0.3, -0.25) is 9.67 Å². The quantitative estimate of drug-likeness (QED) is 0.639. The maximum Gasteiger partial charge on any atom is 0.191 e. The fourth-order valence-corrected chi connectivity index (χ4v) is 3.31. The third-order valence-corrected chi connectivity index (χ3v) is 4.46. The Hall–Kier alpha value is -2.50. The fraction of sp³-hybridized carbons (Fsp3) is 0.500. The van der Waals surface area contributed by atoms with Crippen molar-refractivity contribution in [2.24, 2.45) is 12.0 Å². The van der Waals surface area contributed by atoms with Gasteiger partial charge in [0.25, 0.3) is 0 Å². The molecule has 1 atom stereocenters. The van der Waals surface area contributed by atoms with E-state index in [-0.39, 0.29) is 11.6 Å². The predicted octanol–water partition coefficient (Wildman–Crippen LogP) is 2.82. The van der Waals surface area contributed by atoms with Crippen LogP contribution in [-0.2, 0) is 13.5 Å². The minimum absolute atomic E-state index is 0.172. The lowest BCUT2D eigenvalue weighted by Crippen LogP contribution is -2.45. The lowest BCUT2D eigenvalue weighted by molar-refractivity contribution is 0.0694. The first-order chi connectivity index (χ1) is 12.5. The van der Waals surface area contributed by atoms with Crippen molar-refractivity contribution in [3.05, 3.63) is 47.8 Å². The summed E-state index contributed by atoms with van der Waals surface area (Å²) in [6.07, 6.45) is 5.69. The number of rotatable bonds is 5. The number of para-hydroxylation sites is 1. The van der Waals surface area contributed by atoms with Gasteiger partial charge in [0, 0.05) is 38.3 Å². The maximum atomic E-state index is 6.12. The number of nitrogens with one attached hydrogen (secondary N) is 2. The van der Waals surface area contributed by atoms with Gasteiger partial charge in [-0.1, -0.05) is 18.2 Å². The number of hydrogen-bond donors (Lipinski definition) is 2. The van der Waals surface area contributed by atoms with Crippen molar-refractivity contribution in [2.45, 2.75) is 45.3 Å². The van der Waals surface area contributed by atoms with Crippen molar-refractivity contribution in [1.82, 2.24) is 20.4 Å². The van der Waals surface area contributed by atoms with Crippen LogP contribution < -0.4 is 15.4 Å². The van der Waals surface area contributed by atoms with Crippen molar-refractivity contribution >= 4 is 5.96 Å². The minimum atomic E-state index is -0.209. The Morgan fingerprint density at radius 1 is 1.38 bits per heavy atom. The second-order valence-electron chi connectivity index (χ2n) is 7.33. The summed E-state index contributed by atoms with van der Waals surface area (Å²) in [6, 6.07) is 8.41. The average Bonchev–Trinajstić information content (AvgIpc) is 2.99. The van der Waals surface area contributed by atoms with Crippen LogP contribution in [0.4, 0.5) is 0 Å². The first-order valence-corrected chi connectivity index (χ1v) is 9.27. The van der Waals surface area contributed by atoms with E-state index in [1.54, 1.807) is 0 Å². The number of aromatic nitrogens is 2. The molecular formula is C20H29N5O. The molecule has 26 heavy (non-hydrogen) atoms. The molecule has 1 aromatic carbocycles. The number of nitrogens with zero attached hydrogens (tertiary/aromatic N) is 3. The Labute approximate surface area is 155 Å². The lowest BCUT2D eigenvalue weighted by atomic mass is 9.90. The van der Waals surface area contributed by atoms with Gasteiger partial charge < -0.3 is 15.4 Å². The second kappa shape index (κ2) is 7.81. The van der Waals surface area contributed by atoms with E-state index in [4.69, 9.17) is 9.73 Å². The Morgan fingerprint density at radius 2 is 2.19 bits per heavy atom. The van der Waals surface area contributed by atoms with E-state index in [9.17, 15) is 0 Å². The lowest BCUT2D eigenvalue weighted by Gasteiger charge is -2.38. The molecule has 1 aliphatic rings. The fourth-order valence-electron chi connectivity index (χ4n) is 3.31. The molecule has 0 amide bonds. The normalized spacial score (nSPS) is 18.8. The number of fused-ring (bicyclic) bond motifs is 1. The molecule has 0 radical (unpaired) electrons. The van der Waals surface area contributed by atoms with E-state index in [1.807, 2.05) is 36.3 Å². The molecule has 1 aliphatic heterocycles. The zero-order valence-corrected chi connectivity index (χ0v) is 16.1. The average molecular weight is 355 g/mol. The number of benzene rings is 1. The van der Waals surface area contributed by atoms with Crippen molar-refractivity contribution in [3.8, 4) is 5.75 Å². The summed E-state index contributed by atoms with van der Waals surface area (Å²) >= 11 is 0. The molecule has 6 nitrogen and oxygen atoms in total. The molecule has 0 saturated carbocycles. The van der Waals surface area contributed by atoms with E-state index in [1.165, 1.54) is 11.1 Å². The Morgan fingerprint density at radius 3 is 2.92 bits per heavy atom. The minimum Gasteiger partial charge on any atom is -0.487 e. The van der Waals surface area contributed by atoms with E-state index in [2.05, 4.69) is 48.6 Å². The molecule has 0 spiro atoms. The van der Waals surface area contributed by atoms with Gasteiger partial charge >= 0.3 is 0 Å². The number of aliphatic imine (C=N–C) groups is 1. The van der Waals surface area contributed by atoms with Crippen LogP contribution in [0.1, 0.15) is 44.4 Å². The summed E-state index contributed by atoms with van der Waals surface area (Å²) in [5, 5.41) is 11.2. The van der Waals surface area contributed by atoms with Crippen LogP contribution in [0.3, 0.4) is 0 Å². The van der Waals surface area contributed by atoms with Crippen LogP contribution in [0, 0.1) is 0 Å². The summed E-state index contributed by atoms with van der Waals surface area (Å²) < 4.78 is 7.95. The van der Waals surface area contributed by atoms with Crippen LogP contribution in [0.2, 0.25) is 0 Å². The molecular weight excluding hydrogens is 326 g/mol. The largest absolute Gasteiger partial charge is 0.487 e. The van der Waals surface area contributed by atoms with Crippen LogP contribution in [0.5, 0.6) is 5.75 Å². The summed E-state index contributed by atoms with van der Waals surface area (Å²) in [4.78, 5) is 4.75. The number of hydrogen-bond acceptors (Lipinski definition) is 3. The van der Waals surface area contributed by atoms with Crippen LogP contribution in [0.25, 0.3) is 0 Å². The first kappa shape index (κ1) is 18.3. The second-order valence-corrected chi connectivity index (χ2v) is 7.33. The third-order valence-electron chi connectivity index (χ3n) is 4.46. The summed E-state index contributed by atoms with van der Waals surface area (Å²) in [5.41, 5.74) is 2.17. The maximum absolute atomic E-state index is 6.12. The zero-order chi connectivity index (χ0) is 18.6. The number of guanidine groups is 1. The number of aryl methyl sites for hydroxylation is 1. The molecule has 2 aromatic rings. The molecule has 2 N–H and O–H groups in total. The molecule has 2 heterocycles. The van der Waals surface area contributed by atoms with Gasteiger partial charge in [0.1, 0.15) is 11.4 Å². The summed E-state index contributed by atoms with van der Waals surface area (Å²) in [5.74, 6) is 1.79. The molecule has 6 heteroatoms. The first-order valence-electron chi connectivity index (χ1n) is 9.27. The Bertz CT molecular complexity index is 765. The van der Waals surface area contributed by atoms with Gasteiger partial charge in [-0.05, 0) is 38.8 Å². The topological polar surface area (TPSA) is 63.5 Å². The highest BCUT2D eigenvalue weighted by Crippen LogP contribution is 2.39. The van der Waals surface area contributed by atoms with Gasteiger partial charge in [0.05, 0.1) is 12.2 Å². The third kappa shape index (κ3) is 4.56. The van der Waals surface area contributed by atoms with Gasteiger partial charge in [-0.15, -0.1) is 0 Å². The molecule has 0 aliphatic carbocycles. The molecule has 3 rings (SSSR count). The standard InChI is InChI=1S/C20H29N5O/c1-5-21-19(22-11-10-15-13-23-25(4)14-15)24-17-12-20(2,3)26-18-9-7-6-8-16(17)18/h6-9,13-14,17H,5,10-12H2,1-4H3,(H2,21,22,24). The van der Waals surface area contributed by atoms with Gasteiger partial charge in [0.15, 0.2) is 5.96 Å². The molecule has 1 aromatic heterocycles. The van der Waals surface area contributed by atoms with E-state index < -0.39 is 0 Å². The van der Waals surface area contributed by atoms with Crippen LogP contribution >= 0.6 is 0 Å². The molecule has 0 saturated heterocycles. The highest BCUT2D eigenvalue weighted by molar-refractivity contribution is 5.80. The van der Waals surface area contributed by atoms with E-state index in [0.717, 1.165) is 37.6 Å². The van der Waals surface area contributed by atoms with Gasteiger partial charge in [0.2, 0.25) is 0 Å². The van der Waals surface area contributed by atoms with Crippen molar-refractivity contribution in [1.29, 1.82) is 0 Å². The van der Waals surface area contributed by atoms with Crippen LogP contribution in [-0.4, -0.2) is 34.4 Å². The highest BCUT2D eigenvalue weighted by atomic mass is 16.5. The zero-order valence-electron chi connectivity index (χ0n) is 16.1. The SMILES string of the molecule is CCNC(=NCCc1cnn(C)c1)NC1CC(C)(C)Oc2ccccc21. The number of ether oxygens (including phenoxy) is 1. The Kier molecular flexibility index (Phi) is 5.49. The van der Waals surface area contributed by atoms with Gasteiger partial charge in [-0.2, -0.15) is 5.10 Å². The van der Waals surface area contributed by atoms with Crippen LogP contribution in [0.15, 0.2) is 41.7 Å². The highest BCUT2D eigenvalue weighted by Gasteiger charge is 2.33. The van der Waals surface area contributed by atoms with Crippen molar-refractivity contribution in [3.63, 3.8) is 0 Å². The Balaban J connectivity index is 1.71. The van der Waals surface area contributed by atoms with Gasteiger partial charge in [-0.25, -0.2) is 0 Å². The van der Waals surface area contributed by atoms with E-state index >= 15 is 0 Å². The molecule has 1 unspecified atom stereocenters. The molecule has 0 bridgehead atoms. The van der Waals surface area contributed by atoms with Crippen molar-refractivity contribution in [2.75, 3.05) is 13.1 Å². The van der Waals surface area contributed by atoms with Crippen molar-refractivity contribution < 1.29 is 4.74 Å². The smallest absolute Gasteiger partial charge is 0.191 e. The molecule has 0 fully saturated rings. The van der Waals surface area contributed by atoms with E-state index in [0.29, 0.717) is 0 Å². The molecule has 140 valence electrons. The summed E-state index contributed by atoms with van der Waals surface area (Å²) in [7, 11) is 1.93. The summed E-state index contributed by atoms with van der Waals surface area (Å²) in [6.45, 7) is 7.89. The predicted molar refractivity (Wildman–Crippen MR) is 105 cm³/mol.